The maximum absolute atomic E-state index is 13.0. The first-order valence-electron chi connectivity index (χ1n) is 9.72. The number of aliphatic carboxylic acids is 1. The maximum atomic E-state index is 13.0. The van der Waals surface area contributed by atoms with Gasteiger partial charge in [-0.05, 0) is 76.3 Å². The number of fused-ring (bicyclic) bond motifs is 1. The van der Waals surface area contributed by atoms with E-state index in [0.29, 0.717) is 10.6 Å². The van der Waals surface area contributed by atoms with E-state index in [9.17, 15) is 18.3 Å². The molecule has 0 saturated carbocycles. The molecule has 0 aromatic heterocycles. The van der Waals surface area contributed by atoms with Gasteiger partial charge >= 0.3 is 24.8 Å². The predicted molar refractivity (Wildman–Crippen MR) is 138 cm³/mol. The second kappa shape index (κ2) is 11.0. The third-order valence-corrected chi connectivity index (χ3v) is 7.90. The molecule has 172 valence electrons. The Morgan fingerprint density at radius 2 is 1.59 bits per heavy atom. The van der Waals surface area contributed by atoms with Crippen LogP contribution in [0.1, 0.15) is 11.1 Å². The average molecular weight is 511 g/mol. The molecule has 0 aliphatic carbocycles. The predicted octanol–water partition coefficient (Wildman–Crippen LogP) is 5.11. The van der Waals surface area contributed by atoms with Gasteiger partial charge in [-0.25, -0.2) is 8.42 Å². The van der Waals surface area contributed by atoms with Gasteiger partial charge in [0, 0.05) is 5.02 Å². The van der Waals surface area contributed by atoms with E-state index in [1.807, 2.05) is 25.1 Å². The quantitative estimate of drug-likeness (QED) is 0.376. The number of sulfone groups is 1. The first-order chi connectivity index (χ1) is 15.2. The zero-order chi connectivity index (χ0) is 23.0. The van der Waals surface area contributed by atoms with Crippen LogP contribution in [0.2, 0.25) is 10.0 Å². The van der Waals surface area contributed by atoms with Gasteiger partial charge in [-0.1, -0.05) is 59.6 Å². The SMILES string of the molecule is Cc1c(CC(=O)O)cc2ccc(Cl)cc2c1-c1ccc(S(=O)(=O)c2ccccc2Cl)cc1.O.[LiH]. The van der Waals surface area contributed by atoms with Crippen LogP contribution < -0.4 is 0 Å². The van der Waals surface area contributed by atoms with Crippen molar-refractivity contribution in [3.05, 3.63) is 94.0 Å². The first kappa shape index (κ1) is 27.9. The fourth-order valence-electron chi connectivity index (χ4n) is 3.84. The van der Waals surface area contributed by atoms with Crippen LogP contribution in [0.4, 0.5) is 0 Å². The van der Waals surface area contributed by atoms with Crippen molar-refractivity contribution in [1.29, 1.82) is 0 Å². The van der Waals surface area contributed by atoms with Crippen LogP contribution >= 0.6 is 23.2 Å². The molecular weight excluding hydrogens is 490 g/mol. The fraction of sp³-hybridized carbons (Fsp3) is 0.0800. The van der Waals surface area contributed by atoms with Crippen LogP contribution in [-0.4, -0.2) is 43.8 Å². The molecule has 0 fully saturated rings. The third-order valence-electron chi connectivity index (χ3n) is 5.39. The molecule has 5 nitrogen and oxygen atoms in total. The van der Waals surface area contributed by atoms with Crippen molar-refractivity contribution in [1.82, 2.24) is 0 Å². The Morgan fingerprint density at radius 3 is 2.21 bits per heavy atom. The van der Waals surface area contributed by atoms with Gasteiger partial charge < -0.3 is 10.6 Å². The number of benzene rings is 4. The van der Waals surface area contributed by atoms with Crippen molar-refractivity contribution in [3.8, 4) is 11.1 Å². The number of carbonyl (C=O) groups is 1. The normalized spacial score (nSPS) is 10.9. The van der Waals surface area contributed by atoms with Crippen LogP contribution in [0.5, 0.6) is 0 Å². The van der Waals surface area contributed by atoms with Gasteiger partial charge in [0.25, 0.3) is 0 Å². The summed E-state index contributed by atoms with van der Waals surface area (Å²) in [5.41, 5.74) is 3.09. The Kier molecular flexibility index (Phi) is 9.01. The van der Waals surface area contributed by atoms with Gasteiger partial charge in [0.15, 0.2) is 0 Å². The van der Waals surface area contributed by atoms with Crippen LogP contribution in [-0.2, 0) is 21.1 Å². The molecule has 0 spiro atoms. The van der Waals surface area contributed by atoms with Crippen molar-refractivity contribution >= 4 is 68.6 Å². The summed E-state index contributed by atoms with van der Waals surface area (Å²) >= 11 is 12.3. The second-order valence-electron chi connectivity index (χ2n) is 7.43. The topological polar surface area (TPSA) is 103 Å². The van der Waals surface area contributed by atoms with E-state index in [1.54, 1.807) is 30.3 Å². The number of hydrogen-bond donors (Lipinski definition) is 1. The molecule has 9 heteroatoms. The molecule has 0 heterocycles. The molecule has 0 aliphatic heterocycles. The molecule has 4 rings (SSSR count). The van der Waals surface area contributed by atoms with Crippen molar-refractivity contribution in [2.45, 2.75) is 23.1 Å². The Bertz CT molecular complexity index is 1470. The molecule has 4 aromatic rings. The summed E-state index contributed by atoms with van der Waals surface area (Å²) in [4.78, 5) is 11.5. The number of hydrogen-bond acceptors (Lipinski definition) is 3. The minimum absolute atomic E-state index is 0. The van der Waals surface area contributed by atoms with Crippen LogP contribution in [0.3, 0.4) is 0 Å². The van der Waals surface area contributed by atoms with E-state index >= 15 is 0 Å². The molecule has 0 amide bonds. The van der Waals surface area contributed by atoms with E-state index < -0.39 is 15.8 Å². The van der Waals surface area contributed by atoms with E-state index in [1.165, 1.54) is 24.3 Å². The monoisotopic (exact) mass is 510 g/mol. The van der Waals surface area contributed by atoms with Gasteiger partial charge in [0.05, 0.1) is 21.2 Å². The molecule has 0 atom stereocenters. The molecule has 34 heavy (non-hydrogen) atoms. The summed E-state index contributed by atoms with van der Waals surface area (Å²) in [5.74, 6) is -0.923. The molecule has 0 unspecified atom stereocenters. The van der Waals surface area contributed by atoms with Gasteiger partial charge in [-0.15, -0.1) is 0 Å². The third kappa shape index (κ3) is 5.34. The molecule has 0 saturated heterocycles. The molecule has 4 aromatic carbocycles. The second-order valence-corrected chi connectivity index (χ2v) is 10.2. The van der Waals surface area contributed by atoms with Gasteiger partial charge in [-0.2, -0.15) is 0 Å². The van der Waals surface area contributed by atoms with E-state index in [4.69, 9.17) is 23.2 Å². The van der Waals surface area contributed by atoms with Gasteiger partial charge in [0.2, 0.25) is 9.84 Å². The van der Waals surface area contributed by atoms with E-state index in [2.05, 4.69) is 0 Å². The Hall–Kier alpha value is -2.30. The van der Waals surface area contributed by atoms with Crippen molar-refractivity contribution in [3.63, 3.8) is 0 Å². The van der Waals surface area contributed by atoms with Crippen molar-refractivity contribution in [2.75, 3.05) is 0 Å². The Balaban J connectivity index is 0.00000204. The van der Waals surface area contributed by atoms with E-state index in [0.717, 1.165) is 27.5 Å². The van der Waals surface area contributed by atoms with Gasteiger partial charge in [-0.3, -0.25) is 4.79 Å². The molecule has 0 radical (unpaired) electrons. The Labute approximate surface area is 219 Å². The molecule has 0 bridgehead atoms. The summed E-state index contributed by atoms with van der Waals surface area (Å²) in [6.07, 6.45) is -0.115. The summed E-state index contributed by atoms with van der Waals surface area (Å²) in [5, 5.41) is 11.8. The average Bonchev–Trinajstić information content (AvgIpc) is 2.75. The van der Waals surface area contributed by atoms with Crippen LogP contribution in [0, 0.1) is 6.92 Å². The number of halogens is 2. The molecule has 0 aliphatic rings. The number of carboxylic acid groups (broad SMARTS) is 1. The van der Waals surface area contributed by atoms with Gasteiger partial charge in [0.1, 0.15) is 0 Å². The van der Waals surface area contributed by atoms with Crippen LogP contribution in [0.25, 0.3) is 21.9 Å². The zero-order valence-corrected chi connectivity index (χ0v) is 19.8. The summed E-state index contributed by atoms with van der Waals surface area (Å²) < 4.78 is 26.1. The van der Waals surface area contributed by atoms with E-state index in [-0.39, 0.29) is 45.6 Å². The first-order valence-corrected chi connectivity index (χ1v) is 12.0. The number of rotatable bonds is 5. The molecular formula is C25H21Cl2LiO5S. The van der Waals surface area contributed by atoms with Crippen molar-refractivity contribution in [2.24, 2.45) is 0 Å². The van der Waals surface area contributed by atoms with Crippen molar-refractivity contribution < 1.29 is 23.8 Å². The number of carboxylic acids is 1. The minimum atomic E-state index is -3.78. The summed E-state index contributed by atoms with van der Waals surface area (Å²) in [7, 11) is -3.78. The Morgan fingerprint density at radius 1 is 0.941 bits per heavy atom. The fourth-order valence-corrected chi connectivity index (χ4v) is 5.78. The summed E-state index contributed by atoms with van der Waals surface area (Å²) in [6.45, 7) is 1.86. The zero-order valence-electron chi connectivity index (χ0n) is 17.5. The molecule has 3 N–H and O–H groups in total. The van der Waals surface area contributed by atoms with Crippen LogP contribution in [0.15, 0.2) is 82.6 Å². The summed E-state index contributed by atoms with van der Waals surface area (Å²) in [6, 6.07) is 20.1. The standard InChI is InChI=1S/C25H18Cl2O4S.Li.H2O.H/c1-15-18(13-24(28)29)12-17-6-9-19(26)14-21(17)25(15)16-7-10-20(11-8-16)32(30,31)23-5-3-2-4-22(23)27;;;/h2-12,14H,13H2,1H3,(H,28,29);;1H2;.